The van der Waals surface area contributed by atoms with Crippen LogP contribution in [-0.4, -0.2) is 11.9 Å². The molecule has 18 heavy (non-hydrogen) atoms. The molecule has 0 saturated heterocycles. The first-order chi connectivity index (χ1) is 8.65. The normalized spacial score (nSPS) is 13.7. The number of fused-ring (bicyclic) bond motifs is 1. The lowest BCUT2D eigenvalue weighted by molar-refractivity contribution is 0.0443. The van der Waals surface area contributed by atoms with Crippen LogP contribution in [0.5, 0.6) is 0 Å². The second-order valence-corrected chi connectivity index (χ2v) is 4.76. The van der Waals surface area contributed by atoms with Crippen LogP contribution in [-0.2, 0) is 11.2 Å². The summed E-state index contributed by atoms with van der Waals surface area (Å²) in [5.74, 6) is -1.02. The van der Waals surface area contributed by atoms with Crippen molar-refractivity contribution >= 4 is 11.9 Å². The van der Waals surface area contributed by atoms with Crippen LogP contribution in [0.1, 0.15) is 64.4 Å². The Hall–Kier alpha value is -1.64. The quantitative estimate of drug-likeness (QED) is 0.454. The van der Waals surface area contributed by atoms with Gasteiger partial charge >= 0.3 is 11.9 Å². The Bertz CT molecular complexity index is 489. The van der Waals surface area contributed by atoms with Crippen molar-refractivity contribution in [2.24, 2.45) is 0 Å². The number of hydrogen-bond donors (Lipinski definition) is 0. The SMILES string of the molecule is CCCCCCc1ccc2c(c1C)C(=O)OC2=O. The third-order valence-corrected chi connectivity index (χ3v) is 3.49. The van der Waals surface area contributed by atoms with Crippen LogP contribution in [0.25, 0.3) is 0 Å². The van der Waals surface area contributed by atoms with Crippen LogP contribution in [0.15, 0.2) is 12.1 Å². The Kier molecular flexibility index (Phi) is 3.80. The lowest BCUT2D eigenvalue weighted by Gasteiger charge is -2.07. The third kappa shape index (κ3) is 2.30. The monoisotopic (exact) mass is 246 g/mol. The van der Waals surface area contributed by atoms with Crippen molar-refractivity contribution in [3.8, 4) is 0 Å². The molecule has 0 saturated carbocycles. The molecule has 0 atom stereocenters. The van der Waals surface area contributed by atoms with Crippen molar-refractivity contribution in [3.05, 3.63) is 34.4 Å². The molecule has 0 spiro atoms. The number of carbonyl (C=O) groups is 2. The summed E-state index contributed by atoms with van der Waals surface area (Å²) in [7, 11) is 0. The van der Waals surface area contributed by atoms with E-state index < -0.39 is 11.9 Å². The van der Waals surface area contributed by atoms with Gasteiger partial charge in [-0.3, -0.25) is 0 Å². The number of esters is 2. The first-order valence-corrected chi connectivity index (χ1v) is 6.54. The summed E-state index contributed by atoms with van der Waals surface area (Å²) in [6, 6.07) is 3.66. The first-order valence-electron chi connectivity index (χ1n) is 6.54. The van der Waals surface area contributed by atoms with Gasteiger partial charge in [-0.05, 0) is 37.0 Å². The molecule has 0 unspecified atom stereocenters. The van der Waals surface area contributed by atoms with Gasteiger partial charge in [0.1, 0.15) is 0 Å². The lowest BCUT2D eigenvalue weighted by Crippen LogP contribution is -2.01. The minimum atomic E-state index is -0.518. The largest absolute Gasteiger partial charge is 0.386 e. The van der Waals surface area contributed by atoms with Crippen LogP contribution < -0.4 is 0 Å². The van der Waals surface area contributed by atoms with E-state index in [0.717, 1.165) is 24.0 Å². The number of benzene rings is 1. The number of aryl methyl sites for hydroxylation is 1. The topological polar surface area (TPSA) is 43.4 Å². The van der Waals surface area contributed by atoms with E-state index >= 15 is 0 Å². The summed E-state index contributed by atoms with van der Waals surface area (Å²) in [5.41, 5.74) is 2.93. The zero-order valence-electron chi connectivity index (χ0n) is 10.9. The molecule has 1 aliphatic heterocycles. The van der Waals surface area contributed by atoms with Crippen molar-refractivity contribution in [2.75, 3.05) is 0 Å². The second kappa shape index (κ2) is 5.34. The highest BCUT2D eigenvalue weighted by Crippen LogP contribution is 2.26. The van der Waals surface area contributed by atoms with Crippen molar-refractivity contribution in [1.82, 2.24) is 0 Å². The minimum absolute atomic E-state index is 0.412. The van der Waals surface area contributed by atoms with E-state index in [4.69, 9.17) is 0 Å². The molecule has 1 aromatic carbocycles. The molecule has 3 heteroatoms. The molecule has 0 fully saturated rings. The fourth-order valence-electron chi connectivity index (χ4n) is 2.39. The van der Waals surface area contributed by atoms with Gasteiger partial charge in [-0.2, -0.15) is 0 Å². The van der Waals surface area contributed by atoms with Crippen molar-refractivity contribution in [1.29, 1.82) is 0 Å². The van der Waals surface area contributed by atoms with E-state index in [0.29, 0.717) is 11.1 Å². The van der Waals surface area contributed by atoms with E-state index in [2.05, 4.69) is 11.7 Å². The smallest absolute Gasteiger partial charge is 0.347 e. The zero-order chi connectivity index (χ0) is 13.1. The number of rotatable bonds is 5. The van der Waals surface area contributed by atoms with Gasteiger partial charge in [0.05, 0.1) is 11.1 Å². The molecule has 0 N–H and O–H groups in total. The standard InChI is InChI=1S/C15H18O3/c1-3-4-5-6-7-11-8-9-12-13(10(11)2)15(17)18-14(12)16/h8-9H,3-7H2,1-2H3. The van der Waals surface area contributed by atoms with Gasteiger partial charge in [0, 0.05) is 0 Å². The molecule has 1 aliphatic rings. The van der Waals surface area contributed by atoms with Crippen LogP contribution >= 0.6 is 0 Å². The molecule has 1 heterocycles. The van der Waals surface area contributed by atoms with E-state index in [1.807, 2.05) is 13.0 Å². The average Bonchev–Trinajstić information content (AvgIpc) is 2.63. The highest BCUT2D eigenvalue weighted by molar-refractivity contribution is 6.15. The molecule has 3 nitrogen and oxygen atoms in total. The van der Waals surface area contributed by atoms with Gasteiger partial charge in [-0.15, -0.1) is 0 Å². The van der Waals surface area contributed by atoms with E-state index in [9.17, 15) is 9.59 Å². The van der Waals surface area contributed by atoms with Crippen LogP contribution in [0.2, 0.25) is 0 Å². The summed E-state index contributed by atoms with van der Waals surface area (Å²) in [6.07, 6.45) is 5.74. The van der Waals surface area contributed by atoms with Gasteiger partial charge in [-0.1, -0.05) is 32.3 Å². The number of cyclic esters (lactones) is 2. The second-order valence-electron chi connectivity index (χ2n) is 4.76. The third-order valence-electron chi connectivity index (χ3n) is 3.49. The minimum Gasteiger partial charge on any atom is -0.386 e. The molecule has 1 aromatic rings. The highest BCUT2D eigenvalue weighted by Gasteiger charge is 2.31. The number of ether oxygens (including phenoxy) is 1. The maximum atomic E-state index is 11.6. The molecular formula is C15H18O3. The Morgan fingerprint density at radius 3 is 2.56 bits per heavy atom. The number of unbranched alkanes of at least 4 members (excludes halogenated alkanes) is 3. The van der Waals surface area contributed by atoms with Crippen molar-refractivity contribution in [2.45, 2.75) is 46.0 Å². The fraction of sp³-hybridized carbons (Fsp3) is 0.467. The maximum Gasteiger partial charge on any atom is 0.347 e. The Morgan fingerprint density at radius 2 is 1.83 bits per heavy atom. The maximum absolute atomic E-state index is 11.6. The van der Waals surface area contributed by atoms with Gasteiger partial charge in [0.2, 0.25) is 0 Å². The van der Waals surface area contributed by atoms with E-state index in [1.165, 1.54) is 19.3 Å². The van der Waals surface area contributed by atoms with Crippen LogP contribution in [0.3, 0.4) is 0 Å². The molecule has 0 aromatic heterocycles. The van der Waals surface area contributed by atoms with Gasteiger partial charge < -0.3 is 4.74 Å². The van der Waals surface area contributed by atoms with E-state index in [-0.39, 0.29) is 0 Å². The molecule has 2 rings (SSSR count). The average molecular weight is 246 g/mol. The lowest BCUT2D eigenvalue weighted by atomic mass is 9.95. The fourth-order valence-corrected chi connectivity index (χ4v) is 2.39. The summed E-state index contributed by atoms with van der Waals surface area (Å²) in [4.78, 5) is 23.0. The van der Waals surface area contributed by atoms with Crippen LogP contribution in [0.4, 0.5) is 0 Å². The van der Waals surface area contributed by atoms with E-state index in [1.54, 1.807) is 6.07 Å². The van der Waals surface area contributed by atoms with Crippen molar-refractivity contribution < 1.29 is 14.3 Å². The summed E-state index contributed by atoms with van der Waals surface area (Å²) in [5, 5.41) is 0. The van der Waals surface area contributed by atoms with Gasteiger partial charge in [0.25, 0.3) is 0 Å². The molecule has 96 valence electrons. The molecular weight excluding hydrogens is 228 g/mol. The molecule has 0 bridgehead atoms. The molecule has 0 amide bonds. The Balaban J connectivity index is 2.17. The Labute approximate surface area is 107 Å². The number of carbonyl (C=O) groups excluding carboxylic acids is 2. The summed E-state index contributed by atoms with van der Waals surface area (Å²) in [6.45, 7) is 4.08. The summed E-state index contributed by atoms with van der Waals surface area (Å²) >= 11 is 0. The highest BCUT2D eigenvalue weighted by atomic mass is 16.6. The first kappa shape index (κ1) is 12.8. The van der Waals surface area contributed by atoms with Crippen molar-refractivity contribution in [3.63, 3.8) is 0 Å². The Morgan fingerprint density at radius 1 is 1.06 bits per heavy atom. The number of hydrogen-bond acceptors (Lipinski definition) is 3. The predicted octanol–water partition coefficient (Wildman–Crippen LogP) is 3.43. The van der Waals surface area contributed by atoms with Crippen LogP contribution in [0, 0.1) is 6.92 Å². The predicted molar refractivity (Wildman–Crippen MR) is 68.8 cm³/mol. The zero-order valence-corrected chi connectivity index (χ0v) is 10.9. The summed E-state index contributed by atoms with van der Waals surface area (Å²) < 4.78 is 4.63. The molecule has 0 aliphatic carbocycles. The van der Waals surface area contributed by atoms with Gasteiger partial charge in [0.15, 0.2) is 0 Å². The molecule has 0 radical (unpaired) electrons. The van der Waals surface area contributed by atoms with Gasteiger partial charge in [-0.25, -0.2) is 9.59 Å².